The van der Waals surface area contributed by atoms with Crippen molar-refractivity contribution < 1.29 is 18.5 Å². The van der Waals surface area contributed by atoms with Gasteiger partial charge in [0.2, 0.25) is 0 Å². The summed E-state index contributed by atoms with van der Waals surface area (Å²) in [5, 5.41) is 12.3. The fourth-order valence-corrected chi connectivity index (χ4v) is 4.20. The van der Waals surface area contributed by atoms with Crippen molar-refractivity contribution in [3.63, 3.8) is 0 Å². The van der Waals surface area contributed by atoms with E-state index in [1.807, 2.05) is 6.92 Å². The first kappa shape index (κ1) is 15.9. The molecule has 1 fully saturated rings. The van der Waals surface area contributed by atoms with E-state index in [1.54, 1.807) is 0 Å². The monoisotopic (exact) mass is 313 g/mol. The van der Waals surface area contributed by atoms with Gasteiger partial charge in [-0.05, 0) is 25.0 Å². The number of benzene rings is 1. The largest absolute Gasteiger partial charge is 0.507 e. The normalized spacial score (nSPS) is 23.5. The summed E-state index contributed by atoms with van der Waals surface area (Å²) in [4.78, 5) is 12.2. The molecule has 2 rings (SSSR count). The van der Waals surface area contributed by atoms with Crippen molar-refractivity contribution in [2.75, 3.05) is 5.75 Å². The number of aromatic hydroxyl groups is 1. The predicted molar refractivity (Wildman–Crippen MR) is 80.3 cm³/mol. The lowest BCUT2D eigenvalue weighted by Crippen LogP contribution is -2.47. The van der Waals surface area contributed by atoms with E-state index >= 15 is 0 Å². The second kappa shape index (κ2) is 7.02. The molecule has 0 aliphatic heterocycles. The molecule has 21 heavy (non-hydrogen) atoms. The van der Waals surface area contributed by atoms with Crippen LogP contribution in [-0.2, 0) is 10.8 Å². The molecule has 0 radical (unpaired) electrons. The maximum absolute atomic E-state index is 13.7. The molecule has 6 heteroatoms. The third kappa shape index (κ3) is 3.61. The highest BCUT2D eigenvalue weighted by Gasteiger charge is 2.31. The predicted octanol–water partition coefficient (Wildman–Crippen LogP) is 2.34. The summed E-state index contributed by atoms with van der Waals surface area (Å²) in [6.45, 7) is 1.85. The topological polar surface area (TPSA) is 66.4 Å². The van der Waals surface area contributed by atoms with Gasteiger partial charge in [0.1, 0.15) is 17.1 Å². The molecule has 1 aromatic carbocycles. The minimum Gasteiger partial charge on any atom is -0.507 e. The molecule has 1 aliphatic rings. The first-order chi connectivity index (χ1) is 10.0. The Morgan fingerprint density at radius 3 is 2.81 bits per heavy atom. The number of hydrogen-bond acceptors (Lipinski definition) is 3. The van der Waals surface area contributed by atoms with Crippen LogP contribution in [0.15, 0.2) is 18.2 Å². The van der Waals surface area contributed by atoms with Crippen LogP contribution >= 0.6 is 0 Å². The molecule has 1 aliphatic carbocycles. The summed E-state index contributed by atoms with van der Waals surface area (Å²) in [5.41, 5.74) is -0.343. The van der Waals surface area contributed by atoms with Crippen molar-refractivity contribution in [2.24, 2.45) is 0 Å². The molecule has 1 saturated carbocycles. The van der Waals surface area contributed by atoms with Gasteiger partial charge in [-0.1, -0.05) is 25.8 Å². The average Bonchev–Trinajstić information content (AvgIpc) is 2.47. The molecule has 1 aromatic rings. The lowest BCUT2D eigenvalue weighted by atomic mass is 9.94. The Balaban J connectivity index is 2.15. The molecular formula is C15H20FNO3S. The molecule has 2 N–H and O–H groups in total. The lowest BCUT2D eigenvalue weighted by Gasteiger charge is -2.31. The van der Waals surface area contributed by atoms with Gasteiger partial charge in [0.15, 0.2) is 0 Å². The van der Waals surface area contributed by atoms with E-state index in [9.17, 15) is 18.5 Å². The Labute approximate surface area is 126 Å². The zero-order chi connectivity index (χ0) is 15.4. The van der Waals surface area contributed by atoms with E-state index in [0.29, 0.717) is 5.75 Å². The fraction of sp³-hybridized carbons (Fsp3) is 0.533. The number of carbonyl (C=O) groups excluding carboxylic acids is 1. The van der Waals surface area contributed by atoms with Crippen LogP contribution < -0.4 is 5.32 Å². The van der Waals surface area contributed by atoms with E-state index in [1.165, 1.54) is 12.1 Å². The number of phenols is 1. The standard InChI is InChI=1S/C15H20FNO3S/c1-2-21(20)13-9-4-3-7-11(13)17-15(19)14-10(16)6-5-8-12(14)18/h5-6,8,11,13,18H,2-4,7,9H2,1H3,(H,17,19). The van der Waals surface area contributed by atoms with Gasteiger partial charge >= 0.3 is 0 Å². The van der Waals surface area contributed by atoms with Gasteiger partial charge in [-0.2, -0.15) is 0 Å². The van der Waals surface area contributed by atoms with Crippen LogP contribution in [-0.4, -0.2) is 32.3 Å². The Hall–Kier alpha value is -1.43. The van der Waals surface area contributed by atoms with E-state index in [0.717, 1.165) is 31.7 Å². The molecule has 116 valence electrons. The summed E-state index contributed by atoms with van der Waals surface area (Å²) in [7, 11) is -0.998. The van der Waals surface area contributed by atoms with E-state index in [2.05, 4.69) is 5.32 Å². The fourth-order valence-electron chi connectivity index (χ4n) is 2.77. The Morgan fingerprint density at radius 1 is 1.43 bits per heavy atom. The van der Waals surface area contributed by atoms with Gasteiger partial charge < -0.3 is 10.4 Å². The molecule has 0 aromatic heterocycles. The van der Waals surface area contributed by atoms with Crippen molar-refractivity contribution >= 4 is 16.7 Å². The van der Waals surface area contributed by atoms with Gasteiger partial charge in [-0.15, -0.1) is 0 Å². The van der Waals surface area contributed by atoms with Gasteiger partial charge in [-0.25, -0.2) is 4.39 Å². The first-order valence-electron chi connectivity index (χ1n) is 7.20. The highest BCUT2D eigenvalue weighted by molar-refractivity contribution is 7.85. The number of nitrogens with one attached hydrogen (secondary N) is 1. The van der Waals surface area contributed by atoms with E-state index in [-0.39, 0.29) is 22.6 Å². The molecule has 0 bridgehead atoms. The minimum absolute atomic E-state index is 0.0957. The van der Waals surface area contributed by atoms with Crippen molar-refractivity contribution in [1.82, 2.24) is 5.32 Å². The van der Waals surface area contributed by atoms with Crippen LogP contribution in [0.1, 0.15) is 43.0 Å². The number of phenolic OH excluding ortho intramolecular Hbond substituents is 1. The Kier molecular flexibility index (Phi) is 5.33. The summed E-state index contributed by atoms with van der Waals surface area (Å²) in [5.74, 6) is -1.23. The third-order valence-corrected chi connectivity index (χ3v) is 5.67. The highest BCUT2D eigenvalue weighted by Crippen LogP contribution is 2.25. The molecule has 0 saturated heterocycles. The highest BCUT2D eigenvalue weighted by atomic mass is 32.2. The van der Waals surface area contributed by atoms with Crippen LogP contribution in [0.2, 0.25) is 0 Å². The quantitative estimate of drug-likeness (QED) is 0.896. The Morgan fingerprint density at radius 2 is 2.14 bits per heavy atom. The van der Waals surface area contributed by atoms with Crippen LogP contribution in [0, 0.1) is 5.82 Å². The summed E-state index contributed by atoms with van der Waals surface area (Å²) in [6, 6.07) is 3.53. The summed E-state index contributed by atoms with van der Waals surface area (Å²) < 4.78 is 25.8. The molecule has 3 atom stereocenters. The van der Waals surface area contributed by atoms with Crippen LogP contribution in [0.5, 0.6) is 5.75 Å². The maximum atomic E-state index is 13.7. The lowest BCUT2D eigenvalue weighted by molar-refractivity contribution is 0.0922. The third-order valence-electron chi connectivity index (χ3n) is 3.86. The zero-order valence-electron chi connectivity index (χ0n) is 12.0. The van der Waals surface area contributed by atoms with Crippen molar-refractivity contribution in [1.29, 1.82) is 0 Å². The van der Waals surface area contributed by atoms with Crippen LogP contribution in [0.3, 0.4) is 0 Å². The maximum Gasteiger partial charge on any atom is 0.258 e. The van der Waals surface area contributed by atoms with Gasteiger partial charge in [0, 0.05) is 22.6 Å². The number of halogens is 1. The second-order valence-corrected chi connectivity index (χ2v) is 7.15. The minimum atomic E-state index is -0.998. The van der Waals surface area contributed by atoms with E-state index < -0.39 is 22.5 Å². The molecule has 3 unspecified atom stereocenters. The molecular weight excluding hydrogens is 293 g/mol. The average molecular weight is 313 g/mol. The van der Waals surface area contributed by atoms with Gasteiger partial charge in [0.05, 0.1) is 5.25 Å². The smallest absolute Gasteiger partial charge is 0.258 e. The summed E-state index contributed by atoms with van der Waals surface area (Å²) >= 11 is 0. The molecule has 4 nitrogen and oxygen atoms in total. The van der Waals surface area contributed by atoms with Crippen LogP contribution in [0.4, 0.5) is 4.39 Å². The number of amides is 1. The van der Waals surface area contributed by atoms with E-state index in [4.69, 9.17) is 0 Å². The number of carbonyl (C=O) groups is 1. The van der Waals surface area contributed by atoms with Crippen LogP contribution in [0.25, 0.3) is 0 Å². The Bertz CT molecular complexity index is 529. The van der Waals surface area contributed by atoms with Crippen molar-refractivity contribution in [3.05, 3.63) is 29.6 Å². The van der Waals surface area contributed by atoms with Gasteiger partial charge in [0.25, 0.3) is 5.91 Å². The zero-order valence-corrected chi connectivity index (χ0v) is 12.8. The molecule has 0 spiro atoms. The second-order valence-electron chi connectivity index (χ2n) is 5.21. The molecule has 0 heterocycles. The SMILES string of the molecule is CCS(=O)C1CCCCC1NC(=O)c1c(O)cccc1F. The van der Waals surface area contributed by atoms with Crippen molar-refractivity contribution in [3.8, 4) is 5.75 Å². The number of rotatable bonds is 4. The first-order valence-corrected chi connectivity index (χ1v) is 8.58. The van der Waals surface area contributed by atoms with Gasteiger partial charge in [-0.3, -0.25) is 9.00 Å². The number of hydrogen-bond donors (Lipinski definition) is 2. The molecule has 1 amide bonds. The summed E-state index contributed by atoms with van der Waals surface area (Å²) in [6.07, 6.45) is 3.48. The van der Waals surface area contributed by atoms with Crippen molar-refractivity contribution in [2.45, 2.75) is 43.9 Å².